The molecule has 0 aromatic heterocycles. The van der Waals surface area contributed by atoms with Gasteiger partial charge in [-0.2, -0.15) is 0 Å². The Kier molecular flexibility index (Phi) is 8.82. The SMILES string of the molecule is N[C@@H](O)O[C@H]1Cc2ccccc2[C@H]1[C@H]1CN[C@@](Cc2ccccc2)(C[C@H](O)[C@@H](Cc2ccccc2)NC(=O)O)C1=O. The molecule has 0 saturated carbocycles. The number of nitrogens with one attached hydrogen (secondary N) is 2. The van der Waals surface area contributed by atoms with Crippen LogP contribution in [0, 0.1) is 5.92 Å². The largest absolute Gasteiger partial charge is 0.465 e. The minimum absolute atomic E-state index is 0.00835. The molecule has 1 saturated heterocycles. The minimum atomic E-state index is -1.47. The van der Waals surface area contributed by atoms with Crippen LogP contribution in [0.4, 0.5) is 4.79 Å². The lowest BCUT2D eigenvalue weighted by molar-refractivity contribution is -0.144. The predicted octanol–water partition coefficient (Wildman–Crippen LogP) is 2.35. The summed E-state index contributed by atoms with van der Waals surface area (Å²) >= 11 is 0. The van der Waals surface area contributed by atoms with Crippen LogP contribution in [-0.4, -0.2) is 63.9 Å². The molecular weight excluding hydrogens is 522 g/mol. The van der Waals surface area contributed by atoms with Gasteiger partial charge in [-0.25, -0.2) is 4.79 Å². The average molecular weight is 560 g/mol. The number of ether oxygens (including phenoxy) is 1. The van der Waals surface area contributed by atoms with Gasteiger partial charge in [0.1, 0.15) is 0 Å². The second-order valence-electron chi connectivity index (χ2n) is 11.1. The molecule has 1 heterocycles. The number of carbonyl (C=O) groups is 2. The summed E-state index contributed by atoms with van der Waals surface area (Å²) in [5.41, 5.74) is 8.28. The number of hydrogen-bond donors (Lipinski definition) is 6. The molecule has 3 aromatic rings. The quantitative estimate of drug-likeness (QED) is 0.196. The molecule has 1 aliphatic carbocycles. The van der Waals surface area contributed by atoms with Gasteiger partial charge in [0.05, 0.1) is 23.8 Å². The Morgan fingerprint density at radius 1 is 1.00 bits per heavy atom. The first-order chi connectivity index (χ1) is 19.8. The van der Waals surface area contributed by atoms with E-state index in [1.807, 2.05) is 84.9 Å². The van der Waals surface area contributed by atoms with Crippen molar-refractivity contribution in [1.29, 1.82) is 0 Å². The minimum Gasteiger partial charge on any atom is -0.465 e. The Bertz CT molecular complexity index is 1340. The molecule has 216 valence electrons. The lowest BCUT2D eigenvalue weighted by Gasteiger charge is -2.34. The van der Waals surface area contributed by atoms with Crippen LogP contribution in [0.15, 0.2) is 84.9 Å². The molecule has 0 spiro atoms. The highest BCUT2D eigenvalue weighted by Gasteiger charge is 2.54. The van der Waals surface area contributed by atoms with Crippen molar-refractivity contribution in [3.8, 4) is 0 Å². The highest BCUT2D eigenvalue weighted by molar-refractivity contribution is 5.94. The van der Waals surface area contributed by atoms with E-state index in [4.69, 9.17) is 10.5 Å². The fourth-order valence-corrected chi connectivity index (χ4v) is 6.66. The number of Topliss-reactive ketones (excluding diaryl/α,β-unsaturated/α-hetero) is 1. The number of aliphatic hydroxyl groups is 2. The lowest BCUT2D eigenvalue weighted by atomic mass is 9.75. The zero-order chi connectivity index (χ0) is 29.0. The number of aliphatic hydroxyl groups excluding tert-OH is 2. The Hall–Kier alpha value is -3.60. The lowest BCUT2D eigenvalue weighted by Crippen LogP contribution is -2.55. The van der Waals surface area contributed by atoms with E-state index in [0.717, 1.165) is 22.3 Å². The van der Waals surface area contributed by atoms with Gasteiger partial charge in [-0.15, -0.1) is 0 Å². The molecule has 9 heteroatoms. The predicted molar refractivity (Wildman–Crippen MR) is 153 cm³/mol. The third-order valence-corrected chi connectivity index (χ3v) is 8.43. The van der Waals surface area contributed by atoms with Gasteiger partial charge in [-0.05, 0) is 41.5 Å². The number of carbonyl (C=O) groups excluding carboxylic acids is 1. The summed E-state index contributed by atoms with van der Waals surface area (Å²) in [4.78, 5) is 26.2. The Morgan fingerprint density at radius 3 is 2.29 bits per heavy atom. The van der Waals surface area contributed by atoms with Crippen molar-refractivity contribution >= 4 is 11.9 Å². The normalized spacial score (nSPS) is 25.8. The van der Waals surface area contributed by atoms with Gasteiger partial charge in [0.25, 0.3) is 0 Å². The molecule has 2 aliphatic rings. The summed E-state index contributed by atoms with van der Waals surface area (Å²) in [5.74, 6) is -0.911. The fourth-order valence-electron chi connectivity index (χ4n) is 6.66. The number of nitrogens with two attached hydrogens (primary N) is 1. The fraction of sp³-hybridized carbons (Fsp3) is 0.375. The molecule has 7 N–H and O–H groups in total. The molecular formula is C32H37N3O6. The molecule has 5 rings (SSSR count). The summed E-state index contributed by atoms with van der Waals surface area (Å²) in [6, 6.07) is 25.9. The summed E-state index contributed by atoms with van der Waals surface area (Å²) in [6.07, 6.45) is -3.23. The number of amides is 1. The van der Waals surface area contributed by atoms with Crippen molar-refractivity contribution in [3.63, 3.8) is 0 Å². The van der Waals surface area contributed by atoms with Crippen LogP contribution in [0.1, 0.15) is 34.6 Å². The summed E-state index contributed by atoms with van der Waals surface area (Å²) < 4.78 is 5.71. The van der Waals surface area contributed by atoms with E-state index >= 15 is 0 Å². The molecule has 1 aliphatic heterocycles. The van der Waals surface area contributed by atoms with Crippen LogP contribution >= 0.6 is 0 Å². The zero-order valence-corrected chi connectivity index (χ0v) is 22.7. The number of benzene rings is 3. The second-order valence-corrected chi connectivity index (χ2v) is 11.1. The van der Waals surface area contributed by atoms with Gasteiger partial charge in [-0.3, -0.25) is 10.5 Å². The van der Waals surface area contributed by atoms with E-state index in [9.17, 15) is 24.9 Å². The molecule has 9 nitrogen and oxygen atoms in total. The smallest absolute Gasteiger partial charge is 0.404 e. The molecule has 1 fully saturated rings. The standard InChI is InChI=1S/C32H37N3O6/c33-30(38)41-27-16-22-13-7-8-14-23(22)28(27)24-19-34-32(29(24)37,17-21-11-5-2-6-12-21)18-26(36)25(35-31(39)40)15-20-9-3-1-4-10-20/h1-14,24-28,30,34-36,38H,15-19,33H2,(H,39,40)/t24-,25-,26+,27+,28+,30+,32+/m1/s1. The van der Waals surface area contributed by atoms with E-state index in [2.05, 4.69) is 10.6 Å². The van der Waals surface area contributed by atoms with Crippen molar-refractivity contribution in [3.05, 3.63) is 107 Å². The van der Waals surface area contributed by atoms with Crippen molar-refractivity contribution < 1.29 is 29.6 Å². The molecule has 7 atom stereocenters. The maximum Gasteiger partial charge on any atom is 0.404 e. The molecule has 0 radical (unpaired) electrons. The van der Waals surface area contributed by atoms with Gasteiger partial charge < -0.3 is 30.7 Å². The van der Waals surface area contributed by atoms with Gasteiger partial charge in [0.15, 0.2) is 5.78 Å². The van der Waals surface area contributed by atoms with Crippen LogP contribution in [0.25, 0.3) is 0 Å². The highest BCUT2D eigenvalue weighted by atomic mass is 16.6. The van der Waals surface area contributed by atoms with Gasteiger partial charge in [0.2, 0.25) is 6.41 Å². The van der Waals surface area contributed by atoms with Crippen molar-refractivity contribution in [2.75, 3.05) is 6.54 Å². The maximum atomic E-state index is 14.5. The van der Waals surface area contributed by atoms with E-state index < -0.39 is 42.2 Å². The molecule has 3 aromatic carbocycles. The zero-order valence-electron chi connectivity index (χ0n) is 22.7. The number of carboxylic acid groups (broad SMARTS) is 1. The van der Waals surface area contributed by atoms with Gasteiger partial charge in [-0.1, -0.05) is 84.9 Å². The van der Waals surface area contributed by atoms with Crippen molar-refractivity contribution in [2.24, 2.45) is 11.7 Å². The Balaban J connectivity index is 1.46. The van der Waals surface area contributed by atoms with Gasteiger partial charge in [0, 0.05) is 24.8 Å². The molecule has 1 amide bonds. The first-order valence-corrected chi connectivity index (χ1v) is 14.0. The number of hydrogen-bond acceptors (Lipinski definition) is 7. The molecule has 0 unspecified atom stereocenters. The van der Waals surface area contributed by atoms with E-state index in [-0.39, 0.29) is 24.5 Å². The monoisotopic (exact) mass is 559 g/mol. The van der Waals surface area contributed by atoms with Crippen molar-refractivity contribution in [2.45, 2.75) is 61.8 Å². The summed E-state index contributed by atoms with van der Waals surface area (Å²) in [5, 5.41) is 36.9. The topological polar surface area (TPSA) is 154 Å². The molecule has 0 bridgehead atoms. The molecule has 41 heavy (non-hydrogen) atoms. The number of fused-ring (bicyclic) bond motifs is 1. The van der Waals surface area contributed by atoms with Crippen LogP contribution in [0.3, 0.4) is 0 Å². The van der Waals surface area contributed by atoms with Crippen LogP contribution in [-0.2, 0) is 28.8 Å². The third kappa shape index (κ3) is 6.50. The van der Waals surface area contributed by atoms with E-state index in [0.29, 0.717) is 19.4 Å². The first-order valence-electron chi connectivity index (χ1n) is 14.0. The second kappa shape index (κ2) is 12.5. The van der Waals surface area contributed by atoms with Crippen LogP contribution < -0.4 is 16.4 Å². The Labute approximate surface area is 239 Å². The van der Waals surface area contributed by atoms with E-state index in [1.54, 1.807) is 0 Å². The number of ketones is 1. The maximum absolute atomic E-state index is 14.5. The first kappa shape index (κ1) is 28.9. The Morgan fingerprint density at radius 2 is 1.63 bits per heavy atom. The van der Waals surface area contributed by atoms with E-state index in [1.165, 1.54) is 0 Å². The number of rotatable bonds is 11. The summed E-state index contributed by atoms with van der Waals surface area (Å²) in [7, 11) is 0. The van der Waals surface area contributed by atoms with Crippen LogP contribution in [0.2, 0.25) is 0 Å². The highest BCUT2D eigenvalue weighted by Crippen LogP contribution is 2.45. The average Bonchev–Trinajstić information content (AvgIpc) is 3.45. The van der Waals surface area contributed by atoms with Crippen molar-refractivity contribution in [1.82, 2.24) is 10.6 Å². The third-order valence-electron chi connectivity index (χ3n) is 8.43. The summed E-state index contributed by atoms with van der Waals surface area (Å²) in [6.45, 7) is 0.341. The van der Waals surface area contributed by atoms with Crippen LogP contribution in [0.5, 0.6) is 0 Å². The van der Waals surface area contributed by atoms with Gasteiger partial charge >= 0.3 is 6.09 Å².